The molecule has 1 heterocycles. The molecule has 88 valence electrons. The zero-order valence-corrected chi connectivity index (χ0v) is 10.5. The van der Waals surface area contributed by atoms with E-state index < -0.39 is 0 Å². The van der Waals surface area contributed by atoms with E-state index in [-0.39, 0.29) is 12.5 Å². The van der Waals surface area contributed by atoms with Crippen LogP contribution >= 0.6 is 15.9 Å². The monoisotopic (exact) mass is 288 g/mol. The Kier molecular flexibility index (Phi) is 5.99. The third kappa shape index (κ3) is 4.69. The first-order valence-corrected chi connectivity index (χ1v) is 5.50. The minimum Gasteiger partial charge on any atom is -0.382 e. The third-order valence-corrected chi connectivity index (χ3v) is 2.33. The summed E-state index contributed by atoms with van der Waals surface area (Å²) in [6, 6.07) is 3.50. The first-order chi connectivity index (χ1) is 7.74. The van der Waals surface area contributed by atoms with E-state index in [9.17, 15) is 4.79 Å². The molecule has 0 aromatic carbocycles. The van der Waals surface area contributed by atoms with Crippen molar-refractivity contribution in [2.45, 2.75) is 0 Å². The van der Waals surface area contributed by atoms with Crippen molar-refractivity contribution in [3.05, 3.63) is 22.9 Å². The molecule has 6 heteroatoms. The molecule has 1 rings (SSSR count). The van der Waals surface area contributed by atoms with E-state index in [4.69, 9.17) is 9.47 Å². The van der Waals surface area contributed by atoms with E-state index in [0.717, 1.165) is 0 Å². The topological polar surface area (TPSA) is 60.5 Å². The average Bonchev–Trinajstić information content (AvgIpc) is 2.28. The molecule has 1 N–H and O–H groups in total. The highest BCUT2D eigenvalue weighted by molar-refractivity contribution is 9.10. The number of hydrogen-bond acceptors (Lipinski definition) is 4. The van der Waals surface area contributed by atoms with E-state index in [1.165, 1.54) is 0 Å². The standard InChI is InChI=1S/C10H13BrN2O3/c1-15-5-6-16-7-9(14)13-8-3-2-4-12-10(8)11/h2-4H,5-7H2,1H3,(H,13,14). The summed E-state index contributed by atoms with van der Waals surface area (Å²) in [6.45, 7) is 0.882. The molecule has 0 radical (unpaired) electrons. The minimum atomic E-state index is -0.218. The number of carbonyl (C=O) groups excluding carboxylic acids is 1. The van der Waals surface area contributed by atoms with Crippen LogP contribution in [0.3, 0.4) is 0 Å². The number of nitrogens with one attached hydrogen (secondary N) is 1. The summed E-state index contributed by atoms with van der Waals surface area (Å²) in [5.74, 6) is -0.218. The van der Waals surface area contributed by atoms with Crippen LogP contribution in [0.4, 0.5) is 5.69 Å². The maximum atomic E-state index is 11.4. The predicted octanol–water partition coefficient (Wildman–Crippen LogP) is 1.45. The highest BCUT2D eigenvalue weighted by atomic mass is 79.9. The van der Waals surface area contributed by atoms with Crippen LogP contribution in [-0.4, -0.2) is 37.8 Å². The van der Waals surface area contributed by atoms with Gasteiger partial charge in [0, 0.05) is 13.3 Å². The van der Waals surface area contributed by atoms with E-state index in [1.807, 2.05) is 0 Å². The molecule has 16 heavy (non-hydrogen) atoms. The summed E-state index contributed by atoms with van der Waals surface area (Å²) >= 11 is 3.23. The van der Waals surface area contributed by atoms with Gasteiger partial charge in [-0.2, -0.15) is 0 Å². The summed E-state index contributed by atoms with van der Waals surface area (Å²) in [4.78, 5) is 15.4. The van der Waals surface area contributed by atoms with Crippen molar-refractivity contribution in [1.29, 1.82) is 0 Å². The fourth-order valence-corrected chi connectivity index (χ4v) is 1.32. The predicted molar refractivity (Wildman–Crippen MR) is 63.3 cm³/mol. The number of anilines is 1. The van der Waals surface area contributed by atoms with Gasteiger partial charge in [0.25, 0.3) is 0 Å². The second kappa shape index (κ2) is 7.32. The lowest BCUT2D eigenvalue weighted by Crippen LogP contribution is -2.19. The summed E-state index contributed by atoms with van der Waals surface area (Å²) in [5, 5.41) is 2.67. The van der Waals surface area contributed by atoms with Crippen LogP contribution in [0.1, 0.15) is 0 Å². The van der Waals surface area contributed by atoms with Gasteiger partial charge in [0.05, 0.1) is 18.9 Å². The SMILES string of the molecule is COCCOCC(=O)Nc1cccnc1Br. The number of nitrogens with zero attached hydrogens (tertiary/aromatic N) is 1. The van der Waals surface area contributed by atoms with Crippen molar-refractivity contribution in [1.82, 2.24) is 4.98 Å². The summed E-state index contributed by atoms with van der Waals surface area (Å²) in [5.41, 5.74) is 0.628. The van der Waals surface area contributed by atoms with Crippen molar-refractivity contribution >= 4 is 27.5 Å². The maximum absolute atomic E-state index is 11.4. The second-order valence-corrected chi connectivity index (χ2v) is 3.69. The van der Waals surface area contributed by atoms with E-state index >= 15 is 0 Å². The van der Waals surface area contributed by atoms with Crippen molar-refractivity contribution in [3.63, 3.8) is 0 Å². The Bertz CT molecular complexity index is 347. The average molecular weight is 289 g/mol. The summed E-state index contributed by atoms with van der Waals surface area (Å²) in [7, 11) is 1.58. The molecule has 0 bridgehead atoms. The number of hydrogen-bond donors (Lipinski definition) is 1. The second-order valence-electron chi connectivity index (χ2n) is 2.94. The highest BCUT2D eigenvalue weighted by Gasteiger charge is 2.05. The van der Waals surface area contributed by atoms with Gasteiger partial charge in [-0.1, -0.05) is 0 Å². The summed E-state index contributed by atoms with van der Waals surface area (Å²) < 4.78 is 10.5. The summed E-state index contributed by atoms with van der Waals surface area (Å²) in [6.07, 6.45) is 1.63. The Morgan fingerprint density at radius 2 is 2.38 bits per heavy atom. The zero-order chi connectivity index (χ0) is 11.8. The number of amides is 1. The Morgan fingerprint density at radius 1 is 1.56 bits per heavy atom. The number of methoxy groups -OCH3 is 1. The van der Waals surface area contributed by atoms with Crippen LogP contribution in [0.25, 0.3) is 0 Å². The molecule has 0 saturated heterocycles. The van der Waals surface area contributed by atoms with Crippen molar-refractivity contribution in [2.75, 3.05) is 32.2 Å². The highest BCUT2D eigenvalue weighted by Crippen LogP contribution is 2.17. The molecule has 1 aromatic heterocycles. The molecule has 0 fully saturated rings. The van der Waals surface area contributed by atoms with Crippen LogP contribution in [0.5, 0.6) is 0 Å². The first kappa shape index (κ1) is 13.1. The largest absolute Gasteiger partial charge is 0.382 e. The van der Waals surface area contributed by atoms with Crippen LogP contribution < -0.4 is 5.32 Å². The third-order valence-electron chi connectivity index (χ3n) is 1.70. The molecule has 0 unspecified atom stereocenters. The molecule has 0 aliphatic rings. The van der Waals surface area contributed by atoms with Gasteiger partial charge < -0.3 is 14.8 Å². The van der Waals surface area contributed by atoms with Gasteiger partial charge in [-0.25, -0.2) is 4.98 Å². The lowest BCUT2D eigenvalue weighted by Gasteiger charge is -2.06. The van der Waals surface area contributed by atoms with Gasteiger partial charge in [-0.05, 0) is 28.1 Å². The number of carbonyl (C=O) groups is 1. The zero-order valence-electron chi connectivity index (χ0n) is 8.90. The number of rotatable bonds is 6. The Morgan fingerprint density at radius 3 is 3.06 bits per heavy atom. The fourth-order valence-electron chi connectivity index (χ4n) is 0.973. The quantitative estimate of drug-likeness (QED) is 0.636. The van der Waals surface area contributed by atoms with Crippen LogP contribution in [0.2, 0.25) is 0 Å². The molecule has 0 aliphatic carbocycles. The smallest absolute Gasteiger partial charge is 0.250 e. The van der Waals surface area contributed by atoms with Gasteiger partial charge >= 0.3 is 0 Å². The molecule has 0 atom stereocenters. The number of halogens is 1. The van der Waals surface area contributed by atoms with Crippen molar-refractivity contribution < 1.29 is 14.3 Å². The van der Waals surface area contributed by atoms with Crippen molar-refractivity contribution in [2.24, 2.45) is 0 Å². The normalized spacial score (nSPS) is 10.1. The van der Waals surface area contributed by atoms with E-state index in [0.29, 0.717) is 23.5 Å². The lowest BCUT2D eigenvalue weighted by atomic mass is 10.4. The van der Waals surface area contributed by atoms with E-state index in [1.54, 1.807) is 25.4 Å². The Labute approximate surface area is 102 Å². The fraction of sp³-hybridized carbons (Fsp3) is 0.400. The van der Waals surface area contributed by atoms with Crippen LogP contribution in [-0.2, 0) is 14.3 Å². The molecule has 1 amide bonds. The van der Waals surface area contributed by atoms with Gasteiger partial charge in [-0.15, -0.1) is 0 Å². The number of pyridine rings is 1. The molecular weight excluding hydrogens is 276 g/mol. The molecule has 1 aromatic rings. The van der Waals surface area contributed by atoms with Gasteiger partial charge in [0.15, 0.2) is 0 Å². The maximum Gasteiger partial charge on any atom is 0.250 e. The van der Waals surface area contributed by atoms with Gasteiger partial charge in [-0.3, -0.25) is 4.79 Å². The van der Waals surface area contributed by atoms with Gasteiger partial charge in [0.2, 0.25) is 5.91 Å². The number of aromatic nitrogens is 1. The molecule has 0 saturated carbocycles. The van der Waals surface area contributed by atoms with Crippen LogP contribution in [0, 0.1) is 0 Å². The minimum absolute atomic E-state index is 0.00466. The molecule has 5 nitrogen and oxygen atoms in total. The van der Waals surface area contributed by atoms with Crippen molar-refractivity contribution in [3.8, 4) is 0 Å². The molecule has 0 spiro atoms. The van der Waals surface area contributed by atoms with Crippen LogP contribution in [0.15, 0.2) is 22.9 Å². The van der Waals surface area contributed by atoms with Gasteiger partial charge in [0.1, 0.15) is 11.2 Å². The lowest BCUT2D eigenvalue weighted by molar-refractivity contribution is -0.121. The number of ether oxygens (including phenoxy) is 2. The Balaban J connectivity index is 2.32. The van der Waals surface area contributed by atoms with E-state index in [2.05, 4.69) is 26.2 Å². The first-order valence-electron chi connectivity index (χ1n) is 4.71. The molecule has 0 aliphatic heterocycles. The molecular formula is C10H13BrN2O3. The Hall–Kier alpha value is -0.980.